The number of likely N-dealkylation sites (tertiary alicyclic amines) is 3. The van der Waals surface area contributed by atoms with E-state index in [1.165, 1.54) is 44.5 Å². The van der Waals surface area contributed by atoms with Crippen molar-refractivity contribution >= 4 is 49.6 Å². The lowest BCUT2D eigenvalue weighted by Gasteiger charge is -2.43. The molecule has 16 rings (SSSR count). The zero-order chi connectivity index (χ0) is 63.7. The third-order valence-electron chi connectivity index (χ3n) is 23.1. The summed E-state index contributed by atoms with van der Waals surface area (Å²) in [6.07, 6.45) is 9.29. The van der Waals surface area contributed by atoms with Gasteiger partial charge in [-0.15, -0.1) is 0 Å². The first-order valence-corrected chi connectivity index (χ1v) is 36.1. The summed E-state index contributed by atoms with van der Waals surface area (Å²) in [4.78, 5) is 49.0. The van der Waals surface area contributed by atoms with Gasteiger partial charge >= 0.3 is 0 Å². The summed E-state index contributed by atoms with van der Waals surface area (Å²) in [6, 6.07) is 64.5. The van der Waals surface area contributed by atoms with E-state index in [9.17, 15) is 14.4 Å². The molecule has 94 heavy (non-hydrogen) atoms. The Morgan fingerprint density at radius 3 is 1.45 bits per heavy atom. The SMILES string of the molecule is C.C[C@@H]1CCN(C(=O)[C@@H]2CNCC23CCc2cc(Br)ccc23)[C@H](c2ccccc2)C1.C[C@@H]1CCN(C(=O)[C@@H]2CNCC23COCCc2ccccc23)[C@H](c2ccccc2)C1.O=C([C@@H]1CNCC12COc1cc(Br)ccc12)N1CC[C@@H](c2ccccc2)C[C@H]1c1ccccc1. The number of carbonyl (C=O) groups is 3. The standard InChI is InChI=1S/C29H29BrN2O2.C26H32N2O2.C25H29BrN2O.CH4/c30-23-11-12-24-27(16-23)34-19-29(24)18-31-17-25(29)28(33)32-14-13-22(20-7-3-1-4-8-20)15-26(32)21-9-5-2-6-10-21;1-19-11-13-28(24(15-19)21-8-3-2-4-9-21)25(29)23-16-27-17-26(23)18-30-14-12-20-7-5-6-10-22(20)26;1-17-10-12-28(23(13-17)18-5-3-2-4-6-18)24(29)22-15-27-16-25(22)11-9-19-14-20(26)7-8-21(19)25;/h1-12,16,22,25-26,31H,13-15,17-19H2;2-10,19,23-24,27H,11-18H2,1H3;2-8,14,17,22-23,27H,9-13,15-16H2,1H3;1H4/t22-,25+,26+,29?;19-,23+,24+,26?;17-,22+,23+,25?;/m111./s1. The van der Waals surface area contributed by atoms with E-state index in [2.05, 4.69) is 246 Å². The maximum atomic E-state index is 14.3. The van der Waals surface area contributed by atoms with Gasteiger partial charge in [-0.05, 0) is 144 Å². The Morgan fingerprint density at radius 2 is 0.894 bits per heavy atom. The summed E-state index contributed by atoms with van der Waals surface area (Å²) < 4.78 is 14.4. The molecule has 12 atom stereocenters. The second kappa shape index (κ2) is 28.7. The predicted octanol–water partition coefficient (Wildman–Crippen LogP) is 14.7. The van der Waals surface area contributed by atoms with Crippen molar-refractivity contribution in [1.82, 2.24) is 30.7 Å². The van der Waals surface area contributed by atoms with Crippen molar-refractivity contribution in [2.75, 3.05) is 78.7 Å². The molecule has 9 aliphatic rings. The van der Waals surface area contributed by atoms with Gasteiger partial charge in [0.2, 0.25) is 17.7 Å². The van der Waals surface area contributed by atoms with Crippen LogP contribution in [0.3, 0.4) is 0 Å². The van der Waals surface area contributed by atoms with Crippen LogP contribution < -0.4 is 20.7 Å². The molecule has 7 aromatic rings. The minimum atomic E-state index is -0.301. The molecule has 6 fully saturated rings. The molecule has 13 heteroatoms. The fourth-order valence-electron chi connectivity index (χ4n) is 18.1. The largest absolute Gasteiger partial charge is 0.492 e. The number of carbonyl (C=O) groups excluding carboxylic acids is 3. The minimum absolute atomic E-state index is 0. The number of ether oxygens (including phenoxy) is 2. The minimum Gasteiger partial charge on any atom is -0.492 e. The highest BCUT2D eigenvalue weighted by atomic mass is 79.9. The smallest absolute Gasteiger partial charge is 0.228 e. The lowest BCUT2D eigenvalue weighted by atomic mass is 9.70. The van der Waals surface area contributed by atoms with Gasteiger partial charge in [0.15, 0.2) is 0 Å². The number of halogens is 2. The van der Waals surface area contributed by atoms with Gasteiger partial charge in [0.05, 0.1) is 54.5 Å². The summed E-state index contributed by atoms with van der Waals surface area (Å²) >= 11 is 7.17. The third-order valence-corrected chi connectivity index (χ3v) is 24.1. The molecule has 3 spiro atoms. The Balaban J connectivity index is 0.000000128. The monoisotopic (exact) mass is 1390 g/mol. The molecule has 0 saturated carbocycles. The van der Waals surface area contributed by atoms with Gasteiger partial charge in [-0.2, -0.15) is 0 Å². The Labute approximate surface area is 574 Å². The molecule has 6 saturated heterocycles. The molecule has 3 amide bonds. The molecule has 7 aromatic carbocycles. The maximum absolute atomic E-state index is 14.3. The van der Waals surface area contributed by atoms with Gasteiger partial charge in [0.25, 0.3) is 0 Å². The molecule has 8 heterocycles. The maximum Gasteiger partial charge on any atom is 0.228 e. The molecule has 0 aromatic heterocycles. The molecule has 11 nitrogen and oxygen atoms in total. The highest BCUT2D eigenvalue weighted by Crippen LogP contribution is 2.52. The summed E-state index contributed by atoms with van der Waals surface area (Å²) in [6.45, 7) is 13.7. The van der Waals surface area contributed by atoms with Crippen LogP contribution in [-0.4, -0.2) is 111 Å². The van der Waals surface area contributed by atoms with E-state index >= 15 is 0 Å². The summed E-state index contributed by atoms with van der Waals surface area (Å²) in [5, 5.41) is 10.7. The molecule has 3 N–H and O–H groups in total. The van der Waals surface area contributed by atoms with Crippen molar-refractivity contribution in [3.8, 4) is 5.75 Å². The topological polar surface area (TPSA) is 115 Å². The predicted molar refractivity (Wildman–Crippen MR) is 382 cm³/mol. The second-order valence-electron chi connectivity index (χ2n) is 28.5. The summed E-state index contributed by atoms with van der Waals surface area (Å²) in [7, 11) is 0. The Hall–Kier alpha value is -6.45. The number of hydrogen-bond acceptors (Lipinski definition) is 8. The van der Waals surface area contributed by atoms with E-state index in [1.54, 1.807) is 0 Å². The van der Waals surface area contributed by atoms with Crippen LogP contribution in [0.4, 0.5) is 0 Å². The summed E-state index contributed by atoms with van der Waals surface area (Å²) in [5.41, 5.74) is 11.1. The van der Waals surface area contributed by atoms with Crippen molar-refractivity contribution < 1.29 is 23.9 Å². The van der Waals surface area contributed by atoms with Crippen LogP contribution in [0.1, 0.15) is 140 Å². The molecule has 1 aliphatic carbocycles. The second-order valence-corrected chi connectivity index (χ2v) is 30.3. The lowest BCUT2D eigenvalue weighted by molar-refractivity contribution is -0.143. The van der Waals surface area contributed by atoms with Crippen LogP contribution in [-0.2, 0) is 48.2 Å². The van der Waals surface area contributed by atoms with Crippen LogP contribution in [0.5, 0.6) is 5.75 Å². The van der Waals surface area contributed by atoms with Crippen molar-refractivity contribution in [2.24, 2.45) is 29.6 Å². The van der Waals surface area contributed by atoms with E-state index in [4.69, 9.17) is 9.47 Å². The fourth-order valence-corrected chi connectivity index (χ4v) is 18.8. The zero-order valence-electron chi connectivity index (χ0n) is 54.0. The Kier molecular flexibility index (Phi) is 20.2. The van der Waals surface area contributed by atoms with E-state index in [-0.39, 0.29) is 65.5 Å². The van der Waals surface area contributed by atoms with E-state index in [0.29, 0.717) is 49.3 Å². The molecule has 0 radical (unpaired) electrons. The molecule has 3 unspecified atom stereocenters. The number of rotatable bonds is 7. The average Bonchev–Trinajstić information content (AvgIpc) is 1.57. The third kappa shape index (κ3) is 12.8. The number of nitrogens with zero attached hydrogens (tertiary/aromatic N) is 3. The zero-order valence-corrected chi connectivity index (χ0v) is 57.2. The van der Waals surface area contributed by atoms with E-state index < -0.39 is 0 Å². The Morgan fingerprint density at radius 1 is 0.457 bits per heavy atom. The fraction of sp³-hybridized carbons (Fsp3) is 0.444. The number of benzene rings is 7. The van der Waals surface area contributed by atoms with E-state index in [0.717, 1.165) is 137 Å². The lowest BCUT2D eigenvalue weighted by Crippen LogP contribution is -2.51. The van der Waals surface area contributed by atoms with Gasteiger partial charge in [0, 0.05) is 84.2 Å². The van der Waals surface area contributed by atoms with Crippen LogP contribution in [0.15, 0.2) is 191 Å². The van der Waals surface area contributed by atoms with Crippen LogP contribution in [0, 0.1) is 29.6 Å². The highest BCUT2D eigenvalue weighted by molar-refractivity contribution is 9.10. The number of nitrogens with one attached hydrogen (secondary N) is 3. The van der Waals surface area contributed by atoms with Crippen LogP contribution in [0.25, 0.3) is 0 Å². The summed E-state index contributed by atoms with van der Waals surface area (Å²) in [5.74, 6) is 3.37. The average molecular weight is 1390 g/mol. The van der Waals surface area contributed by atoms with Gasteiger partial charge in [0.1, 0.15) is 12.4 Å². The number of hydrogen-bond donors (Lipinski definition) is 3. The molecular weight excluding hydrogens is 1300 g/mol. The first kappa shape index (κ1) is 66.2. The normalized spacial score (nSPS) is 29.8. The van der Waals surface area contributed by atoms with Gasteiger partial charge in [-0.1, -0.05) is 211 Å². The van der Waals surface area contributed by atoms with Crippen molar-refractivity contribution in [1.29, 1.82) is 0 Å². The number of aryl methyl sites for hydroxylation is 1. The molecule has 492 valence electrons. The van der Waals surface area contributed by atoms with Gasteiger partial charge in [-0.25, -0.2) is 0 Å². The van der Waals surface area contributed by atoms with Gasteiger partial charge in [-0.3, -0.25) is 14.4 Å². The van der Waals surface area contributed by atoms with Crippen molar-refractivity contribution in [3.63, 3.8) is 0 Å². The van der Waals surface area contributed by atoms with E-state index in [1.807, 2.05) is 12.1 Å². The number of piperidine rings is 3. The molecular formula is C81H94Br2N6O5. The van der Waals surface area contributed by atoms with Crippen LogP contribution in [0.2, 0.25) is 0 Å². The first-order chi connectivity index (χ1) is 45.4. The molecule has 0 bridgehead atoms. The van der Waals surface area contributed by atoms with Crippen molar-refractivity contribution in [3.05, 3.63) is 241 Å². The van der Waals surface area contributed by atoms with Crippen molar-refractivity contribution in [2.45, 2.75) is 119 Å². The first-order valence-electron chi connectivity index (χ1n) is 34.5. The van der Waals surface area contributed by atoms with Crippen LogP contribution >= 0.6 is 31.9 Å². The number of amides is 3. The Bertz CT molecular complexity index is 3770. The van der Waals surface area contributed by atoms with Gasteiger partial charge < -0.3 is 40.1 Å². The molecule has 8 aliphatic heterocycles. The quantitative estimate of drug-likeness (QED) is 0.145. The highest BCUT2D eigenvalue weighted by Gasteiger charge is 2.57. The number of fused-ring (bicyclic) bond motifs is 6.